The van der Waals surface area contributed by atoms with Crippen molar-refractivity contribution in [1.82, 2.24) is 20.3 Å². The summed E-state index contributed by atoms with van der Waals surface area (Å²) in [6.45, 7) is 3.11. The average Bonchev–Trinajstić information content (AvgIpc) is 3.30. The predicted molar refractivity (Wildman–Crippen MR) is 92.0 cm³/mol. The van der Waals surface area contributed by atoms with Gasteiger partial charge in [0.2, 0.25) is 11.7 Å². The van der Waals surface area contributed by atoms with Crippen LogP contribution in [0.25, 0.3) is 11.4 Å². The number of nitrogens with zero attached hydrogens (tertiary/aromatic N) is 4. The van der Waals surface area contributed by atoms with Gasteiger partial charge in [0.25, 0.3) is 0 Å². The van der Waals surface area contributed by atoms with Crippen molar-refractivity contribution in [2.75, 3.05) is 18.5 Å². The number of anilines is 1. The van der Waals surface area contributed by atoms with E-state index >= 15 is 0 Å². The second-order valence-corrected chi connectivity index (χ2v) is 6.27. The minimum atomic E-state index is 0.152. The van der Waals surface area contributed by atoms with Gasteiger partial charge in [-0.2, -0.15) is 10.1 Å². The molecule has 1 aliphatic rings. The first-order chi connectivity index (χ1) is 11.8. The van der Waals surface area contributed by atoms with Gasteiger partial charge in [-0.25, -0.2) is 0 Å². The molecule has 1 N–H and O–H groups in total. The van der Waals surface area contributed by atoms with E-state index < -0.39 is 0 Å². The van der Waals surface area contributed by atoms with Crippen molar-refractivity contribution in [2.45, 2.75) is 32.1 Å². The Morgan fingerprint density at radius 1 is 1.29 bits per heavy atom. The number of aryl methyl sites for hydroxylation is 1. The molecule has 0 bridgehead atoms. The minimum absolute atomic E-state index is 0.152. The summed E-state index contributed by atoms with van der Waals surface area (Å²) >= 11 is 0. The molecule has 24 heavy (non-hydrogen) atoms. The molecule has 0 spiro atoms. The molecule has 0 radical (unpaired) electrons. The molecule has 0 unspecified atom stereocenters. The molecule has 6 nitrogen and oxygen atoms in total. The number of H-pyrrole nitrogens is 1. The minimum Gasteiger partial charge on any atom is -0.375 e. The van der Waals surface area contributed by atoms with Crippen molar-refractivity contribution >= 4 is 5.69 Å². The van der Waals surface area contributed by atoms with Crippen LogP contribution in [0.4, 0.5) is 5.69 Å². The summed E-state index contributed by atoms with van der Waals surface area (Å²) < 4.78 is 5.57. The molecular weight excluding hydrogens is 302 g/mol. The Morgan fingerprint density at radius 3 is 2.92 bits per heavy atom. The Kier molecular flexibility index (Phi) is 3.80. The van der Waals surface area contributed by atoms with Gasteiger partial charge in [0.15, 0.2) is 0 Å². The third-order valence-corrected chi connectivity index (χ3v) is 4.83. The SMILES string of the molecule is CCN(C)c1ccc(-c2noc([C@@H]3CCCc4[nH]ncc43)n2)cc1. The van der Waals surface area contributed by atoms with Gasteiger partial charge in [-0.3, -0.25) is 5.10 Å². The zero-order chi connectivity index (χ0) is 16.5. The smallest absolute Gasteiger partial charge is 0.234 e. The number of aromatic amines is 1. The Bertz CT molecular complexity index is 820. The van der Waals surface area contributed by atoms with E-state index in [0.29, 0.717) is 11.7 Å². The standard InChI is InChI=1S/C18H21N5O/c1-3-23(2)13-9-7-12(8-10-13)17-20-18(24-22-17)14-5-4-6-16-15(14)11-19-21-16/h7-11,14H,3-6H2,1-2H3,(H,19,21)/t14-/m1/s1. The van der Waals surface area contributed by atoms with Crippen molar-refractivity contribution in [1.29, 1.82) is 0 Å². The van der Waals surface area contributed by atoms with E-state index in [1.807, 2.05) is 18.3 Å². The van der Waals surface area contributed by atoms with E-state index in [1.54, 1.807) is 0 Å². The number of aromatic nitrogens is 4. The third kappa shape index (κ3) is 2.58. The van der Waals surface area contributed by atoms with Crippen LogP contribution in [0.1, 0.15) is 42.8 Å². The van der Waals surface area contributed by atoms with E-state index in [0.717, 1.165) is 31.4 Å². The maximum absolute atomic E-state index is 5.57. The van der Waals surface area contributed by atoms with Crippen molar-refractivity contribution in [3.8, 4) is 11.4 Å². The first-order valence-electron chi connectivity index (χ1n) is 8.43. The van der Waals surface area contributed by atoms with Gasteiger partial charge >= 0.3 is 0 Å². The number of hydrogen-bond donors (Lipinski definition) is 1. The maximum Gasteiger partial charge on any atom is 0.234 e. The number of rotatable bonds is 4. The monoisotopic (exact) mass is 323 g/mol. The first kappa shape index (κ1) is 14.9. The molecular formula is C18H21N5O. The van der Waals surface area contributed by atoms with Crippen LogP contribution < -0.4 is 4.90 Å². The highest BCUT2D eigenvalue weighted by atomic mass is 16.5. The van der Waals surface area contributed by atoms with Crippen LogP contribution in [-0.4, -0.2) is 33.9 Å². The zero-order valence-electron chi connectivity index (χ0n) is 14.0. The molecule has 2 aromatic heterocycles. The summed E-state index contributed by atoms with van der Waals surface area (Å²) in [7, 11) is 2.08. The van der Waals surface area contributed by atoms with E-state index in [9.17, 15) is 0 Å². The Balaban J connectivity index is 1.60. The second-order valence-electron chi connectivity index (χ2n) is 6.27. The third-order valence-electron chi connectivity index (χ3n) is 4.83. The van der Waals surface area contributed by atoms with Crippen LogP contribution in [0, 0.1) is 0 Å². The van der Waals surface area contributed by atoms with Crippen molar-refractivity contribution in [3.63, 3.8) is 0 Å². The lowest BCUT2D eigenvalue weighted by atomic mass is 9.87. The normalized spacial score (nSPS) is 16.8. The van der Waals surface area contributed by atoms with E-state index in [4.69, 9.17) is 4.52 Å². The Morgan fingerprint density at radius 2 is 2.12 bits per heavy atom. The molecule has 1 atom stereocenters. The highest BCUT2D eigenvalue weighted by molar-refractivity contribution is 5.60. The molecule has 4 rings (SSSR count). The maximum atomic E-state index is 5.57. The van der Waals surface area contributed by atoms with Gasteiger partial charge in [-0.15, -0.1) is 0 Å². The zero-order valence-corrected chi connectivity index (χ0v) is 14.0. The highest BCUT2D eigenvalue weighted by Gasteiger charge is 2.28. The molecule has 0 saturated carbocycles. The number of hydrogen-bond acceptors (Lipinski definition) is 5. The molecule has 124 valence electrons. The summed E-state index contributed by atoms with van der Waals surface area (Å²) in [5.74, 6) is 1.48. The van der Waals surface area contributed by atoms with Crippen molar-refractivity contribution < 1.29 is 4.52 Å². The molecule has 1 aromatic carbocycles. The lowest BCUT2D eigenvalue weighted by Crippen LogP contribution is -2.15. The molecule has 3 aromatic rings. The van der Waals surface area contributed by atoms with E-state index in [2.05, 4.69) is 51.3 Å². The van der Waals surface area contributed by atoms with Crippen LogP contribution in [0.2, 0.25) is 0 Å². The number of fused-ring (bicyclic) bond motifs is 1. The molecule has 0 saturated heterocycles. The first-order valence-corrected chi connectivity index (χ1v) is 8.43. The quantitative estimate of drug-likeness (QED) is 0.797. The van der Waals surface area contributed by atoms with Gasteiger partial charge in [-0.05, 0) is 50.5 Å². The Hall–Kier alpha value is -2.63. The fraction of sp³-hybridized carbons (Fsp3) is 0.389. The van der Waals surface area contributed by atoms with Gasteiger partial charge in [0.05, 0.1) is 12.1 Å². The summed E-state index contributed by atoms with van der Waals surface area (Å²) in [4.78, 5) is 6.83. The summed E-state index contributed by atoms with van der Waals surface area (Å²) in [6, 6.07) is 8.26. The molecule has 0 fully saturated rings. The van der Waals surface area contributed by atoms with Gasteiger partial charge < -0.3 is 9.42 Å². The molecule has 0 amide bonds. The fourth-order valence-corrected chi connectivity index (χ4v) is 3.26. The molecule has 0 aliphatic heterocycles. The van der Waals surface area contributed by atoms with Crippen molar-refractivity contribution in [2.24, 2.45) is 0 Å². The molecule has 6 heteroatoms. The van der Waals surface area contributed by atoms with Crippen LogP contribution in [-0.2, 0) is 6.42 Å². The van der Waals surface area contributed by atoms with E-state index in [1.165, 1.54) is 16.9 Å². The fourth-order valence-electron chi connectivity index (χ4n) is 3.26. The molecule has 1 aliphatic carbocycles. The van der Waals surface area contributed by atoms with Gasteiger partial charge in [0, 0.05) is 36.1 Å². The lowest BCUT2D eigenvalue weighted by molar-refractivity contribution is 0.354. The van der Waals surface area contributed by atoms with Crippen LogP contribution in [0.3, 0.4) is 0 Å². The lowest BCUT2D eigenvalue weighted by Gasteiger charge is -2.17. The highest BCUT2D eigenvalue weighted by Crippen LogP contribution is 2.35. The topological polar surface area (TPSA) is 70.8 Å². The summed E-state index contributed by atoms with van der Waals surface area (Å²) in [5, 5.41) is 11.4. The van der Waals surface area contributed by atoms with Gasteiger partial charge in [-0.1, -0.05) is 5.16 Å². The van der Waals surface area contributed by atoms with Crippen LogP contribution >= 0.6 is 0 Å². The summed E-state index contributed by atoms with van der Waals surface area (Å²) in [5.41, 5.74) is 4.54. The van der Waals surface area contributed by atoms with Crippen LogP contribution in [0.5, 0.6) is 0 Å². The second kappa shape index (κ2) is 6.11. The molecule has 2 heterocycles. The number of nitrogens with one attached hydrogen (secondary N) is 1. The average molecular weight is 323 g/mol. The largest absolute Gasteiger partial charge is 0.375 e. The number of benzene rings is 1. The summed E-state index contributed by atoms with van der Waals surface area (Å²) in [6.07, 6.45) is 5.06. The van der Waals surface area contributed by atoms with E-state index in [-0.39, 0.29) is 5.92 Å². The van der Waals surface area contributed by atoms with Crippen LogP contribution in [0.15, 0.2) is 35.0 Å². The van der Waals surface area contributed by atoms with Crippen molar-refractivity contribution in [3.05, 3.63) is 47.6 Å². The Labute approximate surface area is 140 Å². The predicted octanol–water partition coefficient (Wildman–Crippen LogP) is 3.38. The van der Waals surface area contributed by atoms with Gasteiger partial charge in [0.1, 0.15) is 0 Å².